The molecule has 6 atom stereocenters. The van der Waals surface area contributed by atoms with Gasteiger partial charge < -0.3 is 9.84 Å². The lowest BCUT2D eigenvalue weighted by Crippen LogP contribution is -2.70. The molecule has 1 N–H and O–H groups in total. The largest absolute Gasteiger partial charge is 0.490 e. The monoisotopic (exact) mass is 552 g/mol. The Labute approximate surface area is 242 Å². The topological polar surface area (TPSA) is 80.7 Å². The number of carbonyl (C=O) groups is 3. The van der Waals surface area contributed by atoms with Crippen LogP contribution >= 0.6 is 0 Å². The third-order valence-electron chi connectivity index (χ3n) is 9.92. The predicted molar refractivity (Wildman–Crippen MR) is 161 cm³/mol. The first-order valence-electron chi connectivity index (χ1n) is 15.1. The van der Waals surface area contributed by atoms with Crippen LogP contribution in [0.2, 0.25) is 0 Å². The smallest absolute Gasteiger partial charge is 0.184 e. The second kappa shape index (κ2) is 11.2. The first kappa shape index (κ1) is 32.2. The van der Waals surface area contributed by atoms with E-state index in [1.807, 2.05) is 54.5 Å². The van der Waals surface area contributed by atoms with Gasteiger partial charge in [0.2, 0.25) is 0 Å². The Hall–Kier alpha value is -2.27. The Morgan fingerprint density at radius 1 is 1.02 bits per heavy atom. The van der Waals surface area contributed by atoms with E-state index in [0.29, 0.717) is 43.4 Å². The number of ether oxygens (including phenoxy) is 1. The summed E-state index contributed by atoms with van der Waals surface area (Å²) in [6.45, 7) is 21.3. The quantitative estimate of drug-likeness (QED) is 0.223. The third kappa shape index (κ3) is 5.01. The minimum Gasteiger partial charge on any atom is -0.490 e. The number of hydrogen-bond acceptors (Lipinski definition) is 5. The summed E-state index contributed by atoms with van der Waals surface area (Å²) >= 11 is 0. The molecule has 1 unspecified atom stereocenters. The van der Waals surface area contributed by atoms with Crippen molar-refractivity contribution in [2.45, 2.75) is 126 Å². The van der Waals surface area contributed by atoms with Gasteiger partial charge in [0.05, 0.1) is 11.0 Å². The van der Waals surface area contributed by atoms with Crippen LogP contribution in [0.3, 0.4) is 0 Å². The van der Waals surface area contributed by atoms with Crippen LogP contribution in [-0.2, 0) is 19.1 Å². The highest BCUT2D eigenvalue weighted by molar-refractivity contribution is 6.33. The van der Waals surface area contributed by atoms with Gasteiger partial charge >= 0.3 is 0 Å². The van der Waals surface area contributed by atoms with Crippen LogP contribution < -0.4 is 0 Å². The van der Waals surface area contributed by atoms with E-state index < -0.39 is 33.9 Å². The summed E-state index contributed by atoms with van der Waals surface area (Å²) in [6, 6.07) is 0. The van der Waals surface area contributed by atoms with Crippen molar-refractivity contribution in [1.82, 2.24) is 0 Å². The lowest BCUT2D eigenvalue weighted by molar-refractivity contribution is -0.180. The van der Waals surface area contributed by atoms with Gasteiger partial charge in [-0.15, -0.1) is 0 Å². The van der Waals surface area contributed by atoms with Crippen LogP contribution in [0.4, 0.5) is 0 Å². The molecule has 0 aromatic heterocycles. The minimum absolute atomic E-state index is 0.114. The molecule has 0 aromatic rings. The van der Waals surface area contributed by atoms with Gasteiger partial charge in [0.25, 0.3) is 0 Å². The van der Waals surface area contributed by atoms with E-state index >= 15 is 4.79 Å². The number of hydrogen-bond donors (Lipinski definition) is 1. The molecule has 0 radical (unpaired) electrons. The number of carbonyl (C=O) groups excluding carboxylic acids is 3. The van der Waals surface area contributed by atoms with Crippen molar-refractivity contribution in [2.75, 3.05) is 0 Å². The summed E-state index contributed by atoms with van der Waals surface area (Å²) in [4.78, 5) is 45.1. The van der Waals surface area contributed by atoms with Gasteiger partial charge in [0, 0.05) is 23.3 Å². The molecular weight excluding hydrogens is 500 g/mol. The van der Waals surface area contributed by atoms with E-state index in [2.05, 4.69) is 26.0 Å². The van der Waals surface area contributed by atoms with Crippen molar-refractivity contribution < 1.29 is 24.2 Å². The van der Waals surface area contributed by atoms with E-state index in [9.17, 15) is 14.7 Å². The van der Waals surface area contributed by atoms with E-state index in [4.69, 9.17) is 4.74 Å². The summed E-state index contributed by atoms with van der Waals surface area (Å²) < 4.78 is 6.46. The van der Waals surface area contributed by atoms with Gasteiger partial charge in [-0.25, -0.2) is 0 Å². The Morgan fingerprint density at radius 3 is 2.08 bits per heavy atom. The van der Waals surface area contributed by atoms with Crippen molar-refractivity contribution in [3.8, 4) is 0 Å². The molecule has 0 aromatic carbocycles. The maximum absolute atomic E-state index is 15.3. The Bertz CT molecular complexity index is 1180. The van der Waals surface area contributed by atoms with Crippen LogP contribution in [0.1, 0.15) is 115 Å². The van der Waals surface area contributed by atoms with Crippen molar-refractivity contribution in [3.05, 3.63) is 46.3 Å². The molecule has 0 spiro atoms. The maximum Gasteiger partial charge on any atom is 0.184 e. The van der Waals surface area contributed by atoms with Gasteiger partial charge in [-0.2, -0.15) is 0 Å². The molecule has 0 amide bonds. The molecule has 1 saturated carbocycles. The fourth-order valence-electron chi connectivity index (χ4n) is 7.14. The molecule has 2 aliphatic carbocycles. The van der Waals surface area contributed by atoms with E-state index in [1.165, 1.54) is 0 Å². The second-order valence-electron chi connectivity index (χ2n) is 14.2. The molecule has 0 saturated heterocycles. The molecular formula is C35H52O5. The molecule has 1 aliphatic heterocycles. The highest BCUT2D eigenvalue weighted by Gasteiger charge is 2.77. The number of ketones is 3. The Morgan fingerprint density at radius 2 is 1.57 bits per heavy atom. The second-order valence-corrected chi connectivity index (χ2v) is 14.2. The number of fused-ring (bicyclic) bond motifs is 3. The highest BCUT2D eigenvalue weighted by atomic mass is 16.5. The molecule has 1 fully saturated rings. The number of rotatable bonds is 10. The minimum atomic E-state index is -1.81. The molecule has 222 valence electrons. The Balaban J connectivity index is 2.48. The molecule has 5 heteroatoms. The summed E-state index contributed by atoms with van der Waals surface area (Å²) in [7, 11) is 0. The van der Waals surface area contributed by atoms with Crippen LogP contribution in [-0.4, -0.2) is 34.2 Å². The maximum atomic E-state index is 15.3. The summed E-state index contributed by atoms with van der Waals surface area (Å²) in [6.07, 6.45) is 8.42. The van der Waals surface area contributed by atoms with E-state index in [-0.39, 0.29) is 29.7 Å². The van der Waals surface area contributed by atoms with Crippen molar-refractivity contribution in [1.29, 1.82) is 0 Å². The van der Waals surface area contributed by atoms with Gasteiger partial charge in [-0.05, 0) is 93.4 Å². The first-order valence-corrected chi connectivity index (χ1v) is 15.1. The SMILES string of the molecule is CCC(C)C(=O)[C@@]12C(=O)C3=C(O[C@H](C(C)(C)O)C3)[C@@](CC=C(C)C)(C[C@H](CC=C(C)C)[C@@]1(C)CC=C(C)C)C2=O. The number of allylic oxidation sites excluding steroid dienone is 7. The lowest BCUT2D eigenvalue weighted by Gasteiger charge is -2.61. The Kier molecular flexibility index (Phi) is 9.02. The zero-order chi connectivity index (χ0) is 30.4. The van der Waals surface area contributed by atoms with Crippen LogP contribution in [0.25, 0.3) is 0 Å². The molecule has 3 aliphatic rings. The van der Waals surface area contributed by atoms with E-state index in [0.717, 1.165) is 16.7 Å². The lowest BCUT2D eigenvalue weighted by atomic mass is 9.38. The number of Topliss-reactive ketones (excluding diaryl/α,β-unsaturated/α-hetero) is 3. The summed E-state index contributed by atoms with van der Waals surface area (Å²) in [5.41, 5.74) is -1.30. The van der Waals surface area contributed by atoms with Gasteiger partial charge in [-0.1, -0.05) is 55.7 Å². The average Bonchev–Trinajstić information content (AvgIpc) is 3.32. The van der Waals surface area contributed by atoms with Crippen LogP contribution in [0, 0.1) is 28.1 Å². The van der Waals surface area contributed by atoms with Gasteiger partial charge in [-0.3, -0.25) is 14.4 Å². The van der Waals surface area contributed by atoms with Gasteiger partial charge in [0.1, 0.15) is 11.9 Å². The summed E-state index contributed by atoms with van der Waals surface area (Å²) in [5, 5.41) is 11.0. The first-order chi connectivity index (χ1) is 18.4. The highest BCUT2D eigenvalue weighted by Crippen LogP contribution is 2.69. The average molecular weight is 553 g/mol. The van der Waals surface area contributed by atoms with Crippen LogP contribution in [0.15, 0.2) is 46.3 Å². The third-order valence-corrected chi connectivity index (χ3v) is 9.92. The molecule has 1 heterocycles. The fourth-order valence-corrected chi connectivity index (χ4v) is 7.14. The normalized spacial score (nSPS) is 32.2. The molecule has 3 rings (SSSR count). The standard InChI is InChI=1S/C35H52O5/c1-12-24(8)28(36)35-29(37)26-19-27(32(9,10)39)40-30(26)34(31(35)38,18-16-23(6)7)20-25(14-13-21(2)3)33(35,11)17-15-22(4)5/h13,15-16,24-25,27,39H,12,14,17-20H2,1-11H3/t24?,25-,27-,33+,34+,35-/m0/s1. The zero-order valence-electron chi connectivity index (χ0n) is 26.8. The van der Waals surface area contributed by atoms with Crippen molar-refractivity contribution in [3.63, 3.8) is 0 Å². The predicted octanol–water partition coefficient (Wildman–Crippen LogP) is 7.64. The fraction of sp³-hybridized carbons (Fsp3) is 0.686. The molecule has 40 heavy (non-hydrogen) atoms. The number of aliphatic hydroxyl groups is 1. The van der Waals surface area contributed by atoms with Crippen LogP contribution in [0.5, 0.6) is 0 Å². The van der Waals surface area contributed by atoms with E-state index in [1.54, 1.807) is 13.8 Å². The van der Waals surface area contributed by atoms with Crippen molar-refractivity contribution >= 4 is 17.3 Å². The van der Waals surface area contributed by atoms with Crippen molar-refractivity contribution in [2.24, 2.45) is 28.1 Å². The van der Waals surface area contributed by atoms with Gasteiger partial charge in [0.15, 0.2) is 22.8 Å². The molecule has 5 nitrogen and oxygen atoms in total. The summed E-state index contributed by atoms with van der Waals surface area (Å²) in [5.74, 6) is -1.08. The molecule has 2 bridgehead atoms. The zero-order valence-corrected chi connectivity index (χ0v) is 26.8.